The number of carbonyl (C=O) groups excluding carboxylic acids is 2. The van der Waals surface area contributed by atoms with E-state index in [1.165, 1.54) is 4.90 Å². The number of hydrogen-bond donors (Lipinski definition) is 1. The molecule has 1 saturated heterocycles. The molecule has 30 heavy (non-hydrogen) atoms. The number of ether oxygens (including phenoxy) is 1. The highest BCUT2D eigenvalue weighted by molar-refractivity contribution is 7.98. The Kier molecular flexibility index (Phi) is 5.82. The van der Waals surface area contributed by atoms with E-state index >= 15 is 0 Å². The maximum Gasteiger partial charge on any atom is 0.252 e. The number of nitrogens with one attached hydrogen (secondary N) is 1. The molecule has 1 N–H and O–H groups in total. The van der Waals surface area contributed by atoms with Crippen molar-refractivity contribution in [2.45, 2.75) is 44.4 Å². The molecule has 6 heteroatoms. The number of dihydropyridines is 1. The Bertz CT molecular complexity index is 924. The van der Waals surface area contributed by atoms with Crippen LogP contribution in [0.1, 0.15) is 45.1 Å². The van der Waals surface area contributed by atoms with Gasteiger partial charge in [0.15, 0.2) is 5.78 Å². The quantitative estimate of drug-likeness (QED) is 0.744. The average molecular weight is 427 g/mol. The zero-order chi connectivity index (χ0) is 21.5. The molecular weight excluding hydrogens is 396 g/mol. The first kappa shape index (κ1) is 21.2. The van der Waals surface area contributed by atoms with Gasteiger partial charge in [-0.2, -0.15) is 0 Å². The van der Waals surface area contributed by atoms with E-state index in [4.69, 9.17) is 4.74 Å². The molecule has 5 nitrogen and oxygen atoms in total. The van der Waals surface area contributed by atoms with Gasteiger partial charge in [-0.25, -0.2) is 0 Å². The van der Waals surface area contributed by atoms with Crippen molar-refractivity contribution < 1.29 is 14.3 Å². The molecule has 160 valence electrons. The van der Waals surface area contributed by atoms with Gasteiger partial charge in [-0.05, 0) is 42.7 Å². The monoisotopic (exact) mass is 426 g/mol. The van der Waals surface area contributed by atoms with Crippen LogP contribution in [0.4, 0.5) is 0 Å². The van der Waals surface area contributed by atoms with Crippen molar-refractivity contribution in [3.63, 3.8) is 0 Å². The molecule has 2 aliphatic heterocycles. The standard InChI is InChI=1S/C24H30N2O3S/c1-15-20(23(28)26-9-11-29-12-10-26)21(16-5-7-17(30-4)8-6-16)22-18(25-15)13-24(2,3)14-19(22)27/h5-8,21,25H,9-14H2,1-4H3/t21-/m1/s1. The smallest absolute Gasteiger partial charge is 0.252 e. The van der Waals surface area contributed by atoms with Crippen LogP contribution < -0.4 is 5.32 Å². The first-order valence-electron chi connectivity index (χ1n) is 10.6. The van der Waals surface area contributed by atoms with Crippen LogP contribution in [0, 0.1) is 5.41 Å². The normalized spacial score (nSPS) is 23.9. The highest BCUT2D eigenvalue weighted by atomic mass is 32.2. The van der Waals surface area contributed by atoms with Gasteiger partial charge in [0.1, 0.15) is 0 Å². The Morgan fingerprint density at radius 1 is 1.17 bits per heavy atom. The molecule has 1 aromatic rings. The molecule has 1 aromatic carbocycles. The van der Waals surface area contributed by atoms with Crippen molar-refractivity contribution in [1.29, 1.82) is 0 Å². The van der Waals surface area contributed by atoms with Crippen LogP contribution in [0.2, 0.25) is 0 Å². The van der Waals surface area contributed by atoms with Crippen molar-refractivity contribution in [1.82, 2.24) is 10.2 Å². The van der Waals surface area contributed by atoms with Gasteiger partial charge in [0, 0.05) is 52.9 Å². The van der Waals surface area contributed by atoms with E-state index in [-0.39, 0.29) is 23.0 Å². The molecular formula is C24H30N2O3S. The number of nitrogens with zero attached hydrogens (tertiary/aromatic N) is 1. The second kappa shape index (κ2) is 8.23. The largest absolute Gasteiger partial charge is 0.378 e. The fraction of sp³-hybridized carbons (Fsp3) is 0.500. The molecule has 0 unspecified atom stereocenters. The number of benzene rings is 1. The molecule has 0 bridgehead atoms. The number of thioether (sulfide) groups is 1. The summed E-state index contributed by atoms with van der Waals surface area (Å²) < 4.78 is 5.44. The van der Waals surface area contributed by atoms with Crippen LogP contribution in [-0.2, 0) is 14.3 Å². The van der Waals surface area contributed by atoms with E-state index in [2.05, 4.69) is 43.4 Å². The van der Waals surface area contributed by atoms with E-state index in [0.717, 1.165) is 29.0 Å². The Morgan fingerprint density at radius 2 is 1.83 bits per heavy atom. The minimum atomic E-state index is -0.323. The van der Waals surface area contributed by atoms with Gasteiger partial charge in [0.2, 0.25) is 0 Å². The van der Waals surface area contributed by atoms with Crippen molar-refractivity contribution in [2.75, 3.05) is 32.6 Å². The summed E-state index contributed by atoms with van der Waals surface area (Å²) in [4.78, 5) is 30.0. The molecule has 0 aromatic heterocycles. The summed E-state index contributed by atoms with van der Waals surface area (Å²) in [7, 11) is 0. The summed E-state index contributed by atoms with van der Waals surface area (Å²) >= 11 is 1.69. The highest BCUT2D eigenvalue weighted by Crippen LogP contribution is 2.47. The van der Waals surface area contributed by atoms with E-state index in [1.54, 1.807) is 11.8 Å². The molecule has 3 aliphatic rings. The van der Waals surface area contributed by atoms with Crippen LogP contribution in [0.15, 0.2) is 51.7 Å². The van der Waals surface area contributed by atoms with Crippen LogP contribution >= 0.6 is 11.8 Å². The van der Waals surface area contributed by atoms with E-state index in [1.807, 2.05) is 18.1 Å². The minimum Gasteiger partial charge on any atom is -0.378 e. The fourth-order valence-corrected chi connectivity index (χ4v) is 5.19. The number of hydrogen-bond acceptors (Lipinski definition) is 5. The molecule has 1 amide bonds. The number of carbonyl (C=O) groups is 2. The molecule has 0 saturated carbocycles. The SMILES string of the molecule is CSc1ccc([C@@H]2C(C(=O)N3CCOCC3)=C(C)NC3=C2C(=O)CC(C)(C)C3)cc1. The Morgan fingerprint density at radius 3 is 2.47 bits per heavy atom. The summed E-state index contributed by atoms with van der Waals surface area (Å²) in [5, 5.41) is 3.45. The fourth-order valence-electron chi connectivity index (χ4n) is 4.79. The predicted octanol–water partition coefficient (Wildman–Crippen LogP) is 3.87. The number of allylic oxidation sites excluding steroid dienone is 3. The van der Waals surface area contributed by atoms with Crippen LogP contribution in [0.3, 0.4) is 0 Å². The minimum absolute atomic E-state index is 0.00595. The van der Waals surface area contributed by atoms with E-state index in [0.29, 0.717) is 38.3 Å². The van der Waals surface area contributed by atoms with Gasteiger partial charge in [-0.1, -0.05) is 26.0 Å². The van der Waals surface area contributed by atoms with Crippen molar-refractivity contribution in [3.8, 4) is 0 Å². The Labute approximate surface area is 182 Å². The third-order valence-corrected chi connectivity index (χ3v) is 6.96. The maximum absolute atomic E-state index is 13.6. The topological polar surface area (TPSA) is 58.6 Å². The number of rotatable bonds is 3. The lowest BCUT2D eigenvalue weighted by Gasteiger charge is -2.41. The molecule has 4 rings (SSSR count). The molecule has 0 radical (unpaired) electrons. The third-order valence-electron chi connectivity index (χ3n) is 6.22. The van der Waals surface area contributed by atoms with Gasteiger partial charge in [0.05, 0.1) is 13.2 Å². The van der Waals surface area contributed by atoms with Crippen LogP contribution in [-0.4, -0.2) is 49.1 Å². The third kappa shape index (κ3) is 3.95. The van der Waals surface area contributed by atoms with E-state index in [9.17, 15) is 9.59 Å². The molecule has 2 heterocycles. The maximum atomic E-state index is 13.6. The summed E-state index contributed by atoms with van der Waals surface area (Å²) in [6.07, 6.45) is 3.36. The zero-order valence-electron chi connectivity index (χ0n) is 18.2. The number of Topliss-reactive ketones (excluding diaryl/α,β-unsaturated/α-hetero) is 1. The van der Waals surface area contributed by atoms with Gasteiger partial charge < -0.3 is 15.0 Å². The lowest BCUT2D eigenvalue weighted by Crippen LogP contribution is -2.45. The summed E-state index contributed by atoms with van der Waals surface area (Å²) in [5.41, 5.74) is 4.23. The zero-order valence-corrected chi connectivity index (χ0v) is 19.0. The number of ketones is 1. The van der Waals surface area contributed by atoms with Crippen molar-refractivity contribution in [3.05, 3.63) is 52.4 Å². The molecule has 1 atom stereocenters. The Hall–Kier alpha value is -2.05. The number of morpholine rings is 1. The molecule has 0 spiro atoms. The highest BCUT2D eigenvalue weighted by Gasteiger charge is 2.43. The lowest BCUT2D eigenvalue weighted by atomic mass is 9.68. The number of amides is 1. The summed E-state index contributed by atoms with van der Waals surface area (Å²) in [5.74, 6) is -0.171. The second-order valence-electron chi connectivity index (χ2n) is 9.11. The molecule has 1 aliphatic carbocycles. The molecule has 1 fully saturated rings. The predicted molar refractivity (Wildman–Crippen MR) is 119 cm³/mol. The van der Waals surface area contributed by atoms with Crippen molar-refractivity contribution in [2.24, 2.45) is 5.41 Å². The van der Waals surface area contributed by atoms with E-state index < -0.39 is 0 Å². The van der Waals surface area contributed by atoms with Crippen LogP contribution in [0.5, 0.6) is 0 Å². The van der Waals surface area contributed by atoms with Gasteiger partial charge in [-0.3, -0.25) is 9.59 Å². The average Bonchev–Trinajstić information content (AvgIpc) is 2.72. The second-order valence-corrected chi connectivity index (χ2v) is 9.99. The van der Waals surface area contributed by atoms with Crippen molar-refractivity contribution >= 4 is 23.5 Å². The first-order chi connectivity index (χ1) is 14.3. The summed E-state index contributed by atoms with van der Waals surface area (Å²) in [6, 6.07) is 8.29. The van der Waals surface area contributed by atoms with Crippen LogP contribution in [0.25, 0.3) is 0 Å². The van der Waals surface area contributed by atoms with Gasteiger partial charge in [0.25, 0.3) is 5.91 Å². The van der Waals surface area contributed by atoms with Gasteiger partial charge >= 0.3 is 0 Å². The first-order valence-corrected chi connectivity index (χ1v) is 11.8. The summed E-state index contributed by atoms with van der Waals surface area (Å²) in [6.45, 7) is 8.51. The Balaban J connectivity index is 1.81. The lowest BCUT2D eigenvalue weighted by molar-refractivity contribution is -0.131. The van der Waals surface area contributed by atoms with Gasteiger partial charge in [-0.15, -0.1) is 11.8 Å².